The number of nitrogens with zero attached hydrogens (tertiary/aromatic N) is 3. The van der Waals surface area contributed by atoms with Crippen LogP contribution in [-0.4, -0.2) is 26.5 Å². The molecule has 156 valence electrons. The van der Waals surface area contributed by atoms with Gasteiger partial charge in [0.25, 0.3) is 0 Å². The molecule has 0 radical (unpaired) electrons. The summed E-state index contributed by atoms with van der Waals surface area (Å²) in [5, 5.41) is 12.1. The number of anilines is 1. The molecule has 1 heterocycles. The number of amides is 1. The lowest BCUT2D eigenvalue weighted by molar-refractivity contribution is -0.113. The van der Waals surface area contributed by atoms with E-state index in [-0.39, 0.29) is 11.7 Å². The Bertz CT molecular complexity index is 1160. The van der Waals surface area contributed by atoms with E-state index in [1.54, 1.807) is 36.4 Å². The summed E-state index contributed by atoms with van der Waals surface area (Å²) in [5.74, 6) is 7.97. The minimum atomic E-state index is -0.183. The average molecular weight is 452 g/mol. The average Bonchev–Trinajstić information content (AvgIpc) is 3.15. The summed E-state index contributed by atoms with van der Waals surface area (Å²) in [5.41, 5.74) is 1.45. The van der Waals surface area contributed by atoms with Crippen molar-refractivity contribution >= 4 is 35.0 Å². The van der Waals surface area contributed by atoms with Gasteiger partial charge in [-0.05, 0) is 60.7 Å². The Kier molecular flexibility index (Phi) is 6.40. The number of hydrogen-bond donors (Lipinski definition) is 2. The van der Waals surface area contributed by atoms with E-state index in [9.17, 15) is 4.79 Å². The molecule has 31 heavy (non-hydrogen) atoms. The summed E-state index contributed by atoms with van der Waals surface area (Å²) in [6.45, 7) is 0. The number of ether oxygens (including phenoxy) is 1. The van der Waals surface area contributed by atoms with Gasteiger partial charge < -0.3 is 15.9 Å². The lowest BCUT2D eigenvalue weighted by atomic mass is 10.2. The molecule has 1 aromatic heterocycles. The van der Waals surface area contributed by atoms with Crippen molar-refractivity contribution in [2.45, 2.75) is 5.16 Å². The maximum absolute atomic E-state index is 12.3. The number of halogens is 1. The predicted molar refractivity (Wildman–Crippen MR) is 123 cm³/mol. The van der Waals surface area contributed by atoms with Crippen molar-refractivity contribution in [1.29, 1.82) is 0 Å². The molecule has 1 amide bonds. The fourth-order valence-corrected chi connectivity index (χ4v) is 3.51. The van der Waals surface area contributed by atoms with Crippen molar-refractivity contribution in [3.05, 3.63) is 83.9 Å². The van der Waals surface area contributed by atoms with Gasteiger partial charge in [-0.2, -0.15) is 0 Å². The lowest BCUT2D eigenvalue weighted by Crippen LogP contribution is -2.16. The molecule has 0 unspecified atom stereocenters. The van der Waals surface area contributed by atoms with Crippen LogP contribution in [0.3, 0.4) is 0 Å². The number of para-hydroxylation sites is 1. The molecule has 3 N–H and O–H groups in total. The number of benzene rings is 3. The highest BCUT2D eigenvalue weighted by Gasteiger charge is 2.14. The van der Waals surface area contributed by atoms with Gasteiger partial charge in [-0.25, -0.2) is 4.68 Å². The zero-order chi connectivity index (χ0) is 21.6. The fraction of sp³-hybridized carbons (Fsp3) is 0.0455. The molecule has 0 bridgehead atoms. The number of rotatable bonds is 7. The molecule has 4 rings (SSSR count). The van der Waals surface area contributed by atoms with Crippen LogP contribution < -0.4 is 15.9 Å². The van der Waals surface area contributed by atoms with Crippen LogP contribution in [0.15, 0.2) is 84.0 Å². The van der Waals surface area contributed by atoms with E-state index in [0.717, 1.165) is 11.3 Å². The topological polar surface area (TPSA) is 95.1 Å². The van der Waals surface area contributed by atoms with Gasteiger partial charge in [-0.15, -0.1) is 10.2 Å². The zero-order valence-corrected chi connectivity index (χ0v) is 17.8. The number of carbonyl (C=O) groups excluding carboxylic acids is 1. The minimum Gasteiger partial charge on any atom is -0.457 e. The molecule has 0 spiro atoms. The van der Waals surface area contributed by atoms with Crippen LogP contribution in [0.1, 0.15) is 0 Å². The van der Waals surface area contributed by atoms with Gasteiger partial charge in [0.05, 0.1) is 5.75 Å². The van der Waals surface area contributed by atoms with Crippen molar-refractivity contribution in [3.63, 3.8) is 0 Å². The van der Waals surface area contributed by atoms with Crippen molar-refractivity contribution in [2.75, 3.05) is 16.9 Å². The van der Waals surface area contributed by atoms with Gasteiger partial charge >= 0.3 is 0 Å². The van der Waals surface area contributed by atoms with E-state index in [1.165, 1.54) is 16.4 Å². The van der Waals surface area contributed by atoms with Crippen molar-refractivity contribution in [3.8, 4) is 22.9 Å². The smallest absolute Gasteiger partial charge is 0.234 e. The Labute approximate surface area is 188 Å². The van der Waals surface area contributed by atoms with E-state index in [1.807, 2.05) is 42.5 Å². The number of aromatic nitrogens is 3. The molecule has 4 aromatic rings. The third-order valence-electron chi connectivity index (χ3n) is 4.22. The Balaban J connectivity index is 1.32. The predicted octanol–water partition coefficient (Wildman–Crippen LogP) is 4.84. The van der Waals surface area contributed by atoms with E-state index < -0.39 is 0 Å². The Morgan fingerprint density at radius 1 is 0.968 bits per heavy atom. The van der Waals surface area contributed by atoms with Crippen LogP contribution in [0.5, 0.6) is 11.5 Å². The van der Waals surface area contributed by atoms with Gasteiger partial charge in [-0.1, -0.05) is 41.6 Å². The monoisotopic (exact) mass is 451 g/mol. The standard InChI is InChI=1S/C22H18ClN5O2S/c23-16-8-6-15(7-9-16)21-26-27-22(28(21)24)31-14-20(29)25-17-10-12-19(13-11-17)30-18-4-2-1-3-5-18/h1-13H,14,24H2,(H,25,29). The third-order valence-corrected chi connectivity index (χ3v) is 5.41. The fourth-order valence-electron chi connectivity index (χ4n) is 2.73. The lowest BCUT2D eigenvalue weighted by Gasteiger charge is -2.08. The molecule has 7 nitrogen and oxygen atoms in total. The number of carbonyl (C=O) groups is 1. The maximum atomic E-state index is 12.3. The third kappa shape index (κ3) is 5.36. The van der Waals surface area contributed by atoms with Crippen LogP contribution >= 0.6 is 23.4 Å². The number of thioether (sulfide) groups is 1. The summed E-state index contributed by atoms with van der Waals surface area (Å²) in [7, 11) is 0. The molecule has 0 aliphatic heterocycles. The van der Waals surface area contributed by atoms with Crippen molar-refractivity contribution in [1.82, 2.24) is 14.9 Å². The summed E-state index contributed by atoms with van der Waals surface area (Å²) < 4.78 is 7.10. The summed E-state index contributed by atoms with van der Waals surface area (Å²) >= 11 is 7.11. The highest BCUT2D eigenvalue weighted by molar-refractivity contribution is 7.99. The summed E-state index contributed by atoms with van der Waals surface area (Å²) in [4.78, 5) is 12.3. The number of nitrogen functional groups attached to an aromatic ring is 1. The number of nitrogens with one attached hydrogen (secondary N) is 1. The molecule has 0 aliphatic carbocycles. The zero-order valence-electron chi connectivity index (χ0n) is 16.2. The number of hydrogen-bond acceptors (Lipinski definition) is 6. The maximum Gasteiger partial charge on any atom is 0.234 e. The van der Waals surface area contributed by atoms with Crippen LogP contribution in [0.2, 0.25) is 5.02 Å². The first-order chi connectivity index (χ1) is 15.1. The van der Waals surface area contributed by atoms with Gasteiger partial charge in [-0.3, -0.25) is 4.79 Å². The largest absolute Gasteiger partial charge is 0.457 e. The Hall–Kier alpha value is -3.49. The van der Waals surface area contributed by atoms with E-state index >= 15 is 0 Å². The first kappa shape index (κ1) is 20.8. The molecule has 0 atom stereocenters. The summed E-state index contributed by atoms with van der Waals surface area (Å²) in [6, 6.07) is 23.8. The van der Waals surface area contributed by atoms with E-state index in [0.29, 0.717) is 27.4 Å². The van der Waals surface area contributed by atoms with Gasteiger partial charge in [0.15, 0.2) is 5.82 Å². The Morgan fingerprint density at radius 2 is 1.65 bits per heavy atom. The number of nitrogens with two attached hydrogens (primary N) is 1. The first-order valence-corrected chi connectivity index (χ1v) is 10.7. The van der Waals surface area contributed by atoms with E-state index in [4.69, 9.17) is 22.2 Å². The second-order valence-electron chi connectivity index (χ2n) is 6.46. The molecular formula is C22H18ClN5O2S. The van der Waals surface area contributed by atoms with Crippen LogP contribution in [-0.2, 0) is 4.79 Å². The SMILES string of the molecule is Nn1c(SCC(=O)Nc2ccc(Oc3ccccc3)cc2)nnc1-c1ccc(Cl)cc1. The normalized spacial score (nSPS) is 10.6. The van der Waals surface area contributed by atoms with Crippen molar-refractivity contribution < 1.29 is 9.53 Å². The van der Waals surface area contributed by atoms with Crippen LogP contribution in [0.4, 0.5) is 5.69 Å². The van der Waals surface area contributed by atoms with Gasteiger partial charge in [0.2, 0.25) is 11.1 Å². The highest BCUT2D eigenvalue weighted by Crippen LogP contribution is 2.24. The minimum absolute atomic E-state index is 0.137. The Morgan fingerprint density at radius 3 is 2.35 bits per heavy atom. The second kappa shape index (κ2) is 9.55. The van der Waals surface area contributed by atoms with Gasteiger partial charge in [0, 0.05) is 16.3 Å². The van der Waals surface area contributed by atoms with Crippen LogP contribution in [0, 0.1) is 0 Å². The van der Waals surface area contributed by atoms with Gasteiger partial charge in [0.1, 0.15) is 11.5 Å². The van der Waals surface area contributed by atoms with Crippen LogP contribution in [0.25, 0.3) is 11.4 Å². The van der Waals surface area contributed by atoms with Crippen molar-refractivity contribution in [2.24, 2.45) is 0 Å². The molecule has 9 heteroatoms. The second-order valence-corrected chi connectivity index (χ2v) is 7.84. The molecule has 0 saturated carbocycles. The molecule has 0 aliphatic rings. The summed E-state index contributed by atoms with van der Waals surface area (Å²) in [6.07, 6.45) is 0. The molecule has 0 saturated heterocycles. The highest BCUT2D eigenvalue weighted by atomic mass is 35.5. The molecule has 0 fully saturated rings. The molecular weight excluding hydrogens is 434 g/mol. The first-order valence-electron chi connectivity index (χ1n) is 9.30. The molecule has 3 aromatic carbocycles. The van der Waals surface area contributed by atoms with E-state index in [2.05, 4.69) is 15.5 Å². The quantitative estimate of drug-likeness (QED) is 0.308.